The molecule has 1 aromatic heterocycles. The molecule has 23 heavy (non-hydrogen) atoms. The first-order valence-corrected chi connectivity index (χ1v) is 6.82. The summed E-state index contributed by atoms with van der Waals surface area (Å²) in [5.41, 5.74) is 2.09. The molecule has 0 spiro atoms. The van der Waals surface area contributed by atoms with Crippen LogP contribution in [-0.4, -0.2) is 18.7 Å². The van der Waals surface area contributed by atoms with Gasteiger partial charge < -0.3 is 13.9 Å². The number of ether oxygens (including phenoxy) is 2. The monoisotopic (exact) mass is 317 g/mol. The third-order valence-corrected chi connectivity index (χ3v) is 3.13. The lowest BCUT2D eigenvalue weighted by atomic mass is 10.2. The lowest BCUT2D eigenvalue weighted by Crippen LogP contribution is -2.03. The van der Waals surface area contributed by atoms with Crippen LogP contribution in [-0.2, 0) is 0 Å². The van der Waals surface area contributed by atoms with Crippen molar-refractivity contribution in [3.8, 4) is 11.5 Å². The van der Waals surface area contributed by atoms with E-state index in [2.05, 4.69) is 9.72 Å². The van der Waals surface area contributed by atoms with Gasteiger partial charge in [0.2, 0.25) is 5.89 Å². The number of nitrogens with zero attached hydrogens (tertiary/aromatic N) is 1. The zero-order valence-electron chi connectivity index (χ0n) is 12.2. The zero-order chi connectivity index (χ0) is 16.2. The Labute approximate surface area is 131 Å². The van der Waals surface area contributed by atoms with Crippen molar-refractivity contribution in [3.05, 3.63) is 53.9 Å². The Hall–Kier alpha value is -2.89. The van der Waals surface area contributed by atoms with Gasteiger partial charge in [-0.05, 0) is 35.9 Å². The number of para-hydroxylation sites is 2. The van der Waals surface area contributed by atoms with Crippen molar-refractivity contribution in [2.24, 2.45) is 0 Å². The van der Waals surface area contributed by atoms with Crippen molar-refractivity contribution in [2.45, 2.75) is 6.61 Å². The van der Waals surface area contributed by atoms with Gasteiger partial charge in [-0.2, -0.15) is 8.78 Å². The first-order valence-electron chi connectivity index (χ1n) is 6.82. The van der Waals surface area contributed by atoms with Crippen molar-refractivity contribution in [2.75, 3.05) is 7.11 Å². The SMILES string of the molecule is COc1ccc(C=Cc2nc3ccccc3o2)cc1OC(F)F. The summed E-state index contributed by atoms with van der Waals surface area (Å²) in [6.45, 7) is -2.92. The summed E-state index contributed by atoms with van der Waals surface area (Å²) in [6, 6.07) is 12.1. The van der Waals surface area contributed by atoms with E-state index in [1.807, 2.05) is 24.3 Å². The molecule has 3 aromatic rings. The van der Waals surface area contributed by atoms with Gasteiger partial charge in [0.15, 0.2) is 17.1 Å². The standard InChI is InChI=1S/C17H13F2NO3/c1-21-14-8-6-11(10-15(14)23-17(18)19)7-9-16-20-12-4-2-3-5-13(12)22-16/h2-10,17H,1H3. The van der Waals surface area contributed by atoms with E-state index in [0.29, 0.717) is 17.0 Å². The minimum Gasteiger partial charge on any atom is -0.493 e. The molecule has 0 bridgehead atoms. The Morgan fingerprint density at radius 1 is 1.09 bits per heavy atom. The molecule has 3 rings (SSSR count). The molecule has 118 valence electrons. The summed E-state index contributed by atoms with van der Waals surface area (Å²) >= 11 is 0. The number of alkyl halides is 2. The molecule has 0 unspecified atom stereocenters. The average molecular weight is 317 g/mol. The summed E-state index contributed by atoms with van der Waals surface area (Å²) in [7, 11) is 1.39. The van der Waals surface area contributed by atoms with Crippen LogP contribution >= 0.6 is 0 Å². The van der Waals surface area contributed by atoms with E-state index in [-0.39, 0.29) is 11.5 Å². The molecule has 0 fully saturated rings. The molecular weight excluding hydrogens is 304 g/mol. The van der Waals surface area contributed by atoms with Crippen LogP contribution < -0.4 is 9.47 Å². The van der Waals surface area contributed by atoms with Gasteiger partial charge in [-0.15, -0.1) is 0 Å². The molecule has 0 amide bonds. The fraction of sp³-hybridized carbons (Fsp3) is 0.118. The van der Waals surface area contributed by atoms with Gasteiger partial charge in [0.25, 0.3) is 0 Å². The van der Waals surface area contributed by atoms with Crippen molar-refractivity contribution in [1.82, 2.24) is 4.98 Å². The van der Waals surface area contributed by atoms with Crippen LogP contribution in [0.25, 0.3) is 23.3 Å². The van der Waals surface area contributed by atoms with Gasteiger partial charge in [-0.25, -0.2) is 4.98 Å². The molecule has 0 atom stereocenters. The maximum Gasteiger partial charge on any atom is 0.387 e. The second kappa shape index (κ2) is 6.48. The van der Waals surface area contributed by atoms with Crippen LogP contribution in [0.5, 0.6) is 11.5 Å². The first kappa shape index (κ1) is 15.0. The molecule has 0 aliphatic heterocycles. The van der Waals surface area contributed by atoms with Crippen LogP contribution in [0.3, 0.4) is 0 Å². The van der Waals surface area contributed by atoms with Crippen LogP contribution in [0, 0.1) is 0 Å². The maximum atomic E-state index is 12.4. The van der Waals surface area contributed by atoms with Gasteiger partial charge >= 0.3 is 6.61 Å². The number of rotatable bonds is 5. The van der Waals surface area contributed by atoms with Gasteiger partial charge in [-0.3, -0.25) is 0 Å². The number of halogens is 2. The maximum absolute atomic E-state index is 12.4. The number of methoxy groups -OCH3 is 1. The number of fused-ring (bicyclic) bond motifs is 1. The summed E-state index contributed by atoms with van der Waals surface area (Å²) < 4.78 is 39.8. The van der Waals surface area contributed by atoms with Crippen molar-refractivity contribution >= 4 is 23.3 Å². The molecule has 6 heteroatoms. The predicted octanol–water partition coefficient (Wildman–Crippen LogP) is 4.61. The van der Waals surface area contributed by atoms with E-state index in [0.717, 1.165) is 5.52 Å². The van der Waals surface area contributed by atoms with Crippen molar-refractivity contribution in [3.63, 3.8) is 0 Å². The van der Waals surface area contributed by atoms with E-state index in [4.69, 9.17) is 9.15 Å². The second-order valence-corrected chi connectivity index (χ2v) is 4.64. The van der Waals surface area contributed by atoms with E-state index in [9.17, 15) is 8.78 Å². The average Bonchev–Trinajstić information content (AvgIpc) is 2.95. The lowest BCUT2D eigenvalue weighted by molar-refractivity contribution is -0.0512. The molecular formula is C17H13F2NO3. The number of aromatic nitrogens is 1. The zero-order valence-corrected chi connectivity index (χ0v) is 12.2. The summed E-state index contributed by atoms with van der Waals surface area (Å²) in [6.07, 6.45) is 3.36. The molecule has 0 aliphatic rings. The smallest absolute Gasteiger partial charge is 0.387 e. The Morgan fingerprint density at radius 3 is 2.65 bits per heavy atom. The van der Waals surface area contributed by atoms with Crippen LogP contribution in [0.1, 0.15) is 11.5 Å². The molecule has 0 aliphatic carbocycles. The highest BCUT2D eigenvalue weighted by Gasteiger charge is 2.10. The van der Waals surface area contributed by atoms with Gasteiger partial charge in [0.1, 0.15) is 5.52 Å². The third-order valence-electron chi connectivity index (χ3n) is 3.13. The number of hydrogen-bond donors (Lipinski definition) is 0. The third kappa shape index (κ3) is 3.48. The number of hydrogen-bond acceptors (Lipinski definition) is 4. The molecule has 2 aromatic carbocycles. The highest BCUT2D eigenvalue weighted by atomic mass is 19.3. The van der Waals surface area contributed by atoms with E-state index < -0.39 is 6.61 Å². The lowest BCUT2D eigenvalue weighted by Gasteiger charge is -2.10. The van der Waals surface area contributed by atoms with Gasteiger partial charge in [0, 0.05) is 6.08 Å². The summed E-state index contributed by atoms with van der Waals surface area (Å²) in [4.78, 5) is 4.30. The fourth-order valence-corrected chi connectivity index (χ4v) is 2.11. The van der Waals surface area contributed by atoms with Crippen molar-refractivity contribution in [1.29, 1.82) is 0 Å². The summed E-state index contributed by atoms with van der Waals surface area (Å²) in [5.74, 6) is 0.643. The number of oxazole rings is 1. The molecule has 0 radical (unpaired) electrons. The van der Waals surface area contributed by atoms with Crippen LogP contribution in [0.2, 0.25) is 0 Å². The first-order chi connectivity index (χ1) is 11.2. The largest absolute Gasteiger partial charge is 0.493 e. The predicted molar refractivity (Wildman–Crippen MR) is 82.6 cm³/mol. The highest BCUT2D eigenvalue weighted by Crippen LogP contribution is 2.30. The Kier molecular flexibility index (Phi) is 4.23. The van der Waals surface area contributed by atoms with E-state index in [1.54, 1.807) is 24.3 Å². The molecule has 0 N–H and O–H groups in total. The second-order valence-electron chi connectivity index (χ2n) is 4.64. The van der Waals surface area contributed by atoms with Crippen molar-refractivity contribution < 1.29 is 22.7 Å². The Balaban J connectivity index is 1.86. The fourth-order valence-electron chi connectivity index (χ4n) is 2.11. The molecule has 4 nitrogen and oxygen atoms in total. The van der Waals surface area contributed by atoms with E-state index in [1.165, 1.54) is 13.2 Å². The normalized spacial score (nSPS) is 11.5. The van der Waals surface area contributed by atoms with Crippen LogP contribution in [0.4, 0.5) is 8.78 Å². The summed E-state index contributed by atoms with van der Waals surface area (Å²) in [5, 5.41) is 0. The molecule has 0 saturated carbocycles. The van der Waals surface area contributed by atoms with Gasteiger partial charge in [0.05, 0.1) is 7.11 Å². The quantitative estimate of drug-likeness (QED) is 0.689. The van der Waals surface area contributed by atoms with Crippen LogP contribution in [0.15, 0.2) is 46.9 Å². The molecule has 1 heterocycles. The minimum atomic E-state index is -2.92. The molecule has 0 saturated heterocycles. The highest BCUT2D eigenvalue weighted by molar-refractivity contribution is 5.76. The van der Waals surface area contributed by atoms with E-state index >= 15 is 0 Å². The minimum absolute atomic E-state index is 0.0257. The van der Waals surface area contributed by atoms with Gasteiger partial charge in [-0.1, -0.05) is 18.2 Å². The number of benzene rings is 2. The Bertz CT molecular complexity index is 810. The Morgan fingerprint density at radius 2 is 1.91 bits per heavy atom. The topological polar surface area (TPSA) is 44.5 Å².